The molecule has 1 aliphatic rings. The first-order valence-corrected chi connectivity index (χ1v) is 7.33. The second-order valence-electron chi connectivity index (χ2n) is 6.25. The lowest BCUT2D eigenvalue weighted by atomic mass is 9.83. The van der Waals surface area contributed by atoms with E-state index in [0.717, 1.165) is 26.1 Å². The molecule has 108 valence electrons. The summed E-state index contributed by atoms with van der Waals surface area (Å²) in [5, 5.41) is 11.7. The summed E-state index contributed by atoms with van der Waals surface area (Å²) in [5.74, 6) is 0.688. The monoisotopic (exact) mass is 266 g/mol. The molecule has 0 saturated carbocycles. The molecule has 19 heavy (non-hydrogen) atoms. The molecule has 0 radical (unpaired) electrons. The van der Waals surface area contributed by atoms with Gasteiger partial charge in [-0.3, -0.25) is 0 Å². The molecule has 0 aromatic carbocycles. The summed E-state index contributed by atoms with van der Waals surface area (Å²) in [6.07, 6.45) is 3.45. The van der Waals surface area contributed by atoms with E-state index >= 15 is 0 Å². The fraction of sp³-hybridized carbons (Fsp3) is 0.857. The minimum absolute atomic E-state index is 0.127. The number of nitrogens with zero attached hydrogens (tertiary/aromatic N) is 3. The van der Waals surface area contributed by atoms with Gasteiger partial charge in [0.2, 0.25) is 5.89 Å². The number of rotatable bonds is 5. The topological polar surface area (TPSA) is 54.2 Å². The molecule has 0 amide bonds. The van der Waals surface area contributed by atoms with Crippen molar-refractivity contribution in [1.82, 2.24) is 15.5 Å². The maximum absolute atomic E-state index is 5.79. The predicted molar refractivity (Wildman–Crippen MR) is 76.2 cm³/mol. The maximum Gasteiger partial charge on any atom is 0.318 e. The summed E-state index contributed by atoms with van der Waals surface area (Å²) in [6.45, 7) is 11.8. The average Bonchev–Trinajstić information content (AvgIpc) is 2.85. The normalized spacial score (nSPS) is 20.5. The molecular weight excluding hydrogens is 240 g/mol. The van der Waals surface area contributed by atoms with E-state index in [1.807, 2.05) is 0 Å². The van der Waals surface area contributed by atoms with Gasteiger partial charge >= 0.3 is 6.01 Å². The number of anilines is 1. The lowest BCUT2D eigenvalue weighted by molar-refractivity contribution is 0.271. The molecular formula is C14H26N4O. The van der Waals surface area contributed by atoms with Crippen LogP contribution in [0.4, 0.5) is 6.01 Å². The third-order valence-electron chi connectivity index (χ3n) is 3.89. The van der Waals surface area contributed by atoms with Crippen LogP contribution in [0.15, 0.2) is 4.42 Å². The van der Waals surface area contributed by atoms with E-state index in [4.69, 9.17) is 4.42 Å². The Balaban J connectivity index is 1.94. The zero-order valence-corrected chi connectivity index (χ0v) is 12.6. The van der Waals surface area contributed by atoms with Crippen LogP contribution in [0.1, 0.15) is 58.9 Å². The third kappa shape index (κ3) is 3.69. The fourth-order valence-electron chi connectivity index (χ4n) is 2.28. The maximum atomic E-state index is 5.79. The SMILES string of the molecule is CCCNC(C)c1nnc(N2CCC(C)(C)CC2)o1. The molecule has 0 spiro atoms. The summed E-state index contributed by atoms with van der Waals surface area (Å²) in [5.41, 5.74) is 0.440. The Morgan fingerprint density at radius 2 is 2.00 bits per heavy atom. The minimum atomic E-state index is 0.127. The number of nitrogens with one attached hydrogen (secondary N) is 1. The van der Waals surface area contributed by atoms with Gasteiger partial charge in [-0.05, 0) is 38.1 Å². The average molecular weight is 266 g/mol. The molecule has 2 heterocycles. The van der Waals surface area contributed by atoms with Gasteiger partial charge in [0.05, 0.1) is 6.04 Å². The molecule has 1 unspecified atom stereocenters. The molecule has 1 fully saturated rings. The highest BCUT2D eigenvalue weighted by molar-refractivity contribution is 5.25. The van der Waals surface area contributed by atoms with Crippen molar-refractivity contribution >= 4 is 6.01 Å². The van der Waals surface area contributed by atoms with E-state index in [2.05, 4.69) is 48.1 Å². The van der Waals surface area contributed by atoms with Crippen LogP contribution in [0.5, 0.6) is 0 Å². The highest BCUT2D eigenvalue weighted by atomic mass is 16.4. The van der Waals surface area contributed by atoms with Crippen LogP contribution in [-0.2, 0) is 0 Å². The van der Waals surface area contributed by atoms with Crippen molar-refractivity contribution < 1.29 is 4.42 Å². The molecule has 1 aromatic rings. The van der Waals surface area contributed by atoms with Gasteiger partial charge in [-0.15, -0.1) is 5.10 Å². The van der Waals surface area contributed by atoms with Gasteiger partial charge in [-0.1, -0.05) is 25.9 Å². The first-order valence-electron chi connectivity index (χ1n) is 7.33. The fourth-order valence-corrected chi connectivity index (χ4v) is 2.28. The highest BCUT2D eigenvalue weighted by Gasteiger charge is 2.28. The molecule has 0 aliphatic carbocycles. The lowest BCUT2D eigenvalue weighted by Crippen LogP contribution is -2.37. The van der Waals surface area contributed by atoms with Crippen molar-refractivity contribution in [3.63, 3.8) is 0 Å². The van der Waals surface area contributed by atoms with E-state index < -0.39 is 0 Å². The van der Waals surface area contributed by atoms with Crippen LogP contribution in [0.25, 0.3) is 0 Å². The van der Waals surface area contributed by atoms with Crippen LogP contribution in [0, 0.1) is 5.41 Å². The molecule has 1 saturated heterocycles. The Morgan fingerprint density at radius 3 is 2.63 bits per heavy atom. The van der Waals surface area contributed by atoms with Gasteiger partial charge in [0.15, 0.2) is 0 Å². The zero-order valence-electron chi connectivity index (χ0n) is 12.6. The summed E-state index contributed by atoms with van der Waals surface area (Å²) < 4.78 is 5.79. The Hall–Kier alpha value is -1.10. The summed E-state index contributed by atoms with van der Waals surface area (Å²) >= 11 is 0. The van der Waals surface area contributed by atoms with Crippen molar-refractivity contribution in [2.24, 2.45) is 5.41 Å². The van der Waals surface area contributed by atoms with E-state index in [9.17, 15) is 0 Å². The zero-order chi connectivity index (χ0) is 13.9. The second-order valence-corrected chi connectivity index (χ2v) is 6.25. The number of piperidine rings is 1. The molecule has 0 bridgehead atoms. The summed E-state index contributed by atoms with van der Waals surface area (Å²) in [6, 6.07) is 0.804. The van der Waals surface area contributed by atoms with Crippen LogP contribution in [0.2, 0.25) is 0 Å². The van der Waals surface area contributed by atoms with Gasteiger partial charge < -0.3 is 14.6 Å². The van der Waals surface area contributed by atoms with Crippen LogP contribution in [-0.4, -0.2) is 29.8 Å². The molecule has 1 aromatic heterocycles. The predicted octanol–water partition coefficient (Wildman–Crippen LogP) is 2.76. The third-order valence-corrected chi connectivity index (χ3v) is 3.89. The molecule has 1 N–H and O–H groups in total. The summed E-state index contributed by atoms with van der Waals surface area (Å²) in [4.78, 5) is 2.20. The second kappa shape index (κ2) is 5.90. The van der Waals surface area contributed by atoms with Gasteiger partial charge in [0.25, 0.3) is 0 Å². The Kier molecular flexibility index (Phi) is 4.45. The minimum Gasteiger partial charge on any atom is -0.406 e. The summed E-state index contributed by atoms with van der Waals surface area (Å²) in [7, 11) is 0. The quantitative estimate of drug-likeness (QED) is 0.888. The molecule has 5 nitrogen and oxygen atoms in total. The van der Waals surface area contributed by atoms with Crippen LogP contribution >= 0.6 is 0 Å². The van der Waals surface area contributed by atoms with Crippen LogP contribution in [0.3, 0.4) is 0 Å². The van der Waals surface area contributed by atoms with Crippen molar-refractivity contribution in [2.45, 2.75) is 53.0 Å². The first-order chi connectivity index (χ1) is 9.02. The smallest absolute Gasteiger partial charge is 0.318 e. The standard InChI is InChI=1S/C14H26N4O/c1-5-8-15-11(2)12-16-17-13(19-12)18-9-6-14(3,4)7-10-18/h11,15H,5-10H2,1-4H3. The molecule has 1 atom stereocenters. The van der Waals surface area contributed by atoms with E-state index in [1.165, 1.54) is 12.8 Å². The lowest BCUT2D eigenvalue weighted by Gasteiger charge is -2.35. The van der Waals surface area contributed by atoms with Crippen molar-refractivity contribution in [3.05, 3.63) is 5.89 Å². The van der Waals surface area contributed by atoms with Gasteiger partial charge in [0, 0.05) is 13.1 Å². The Labute approximate surface area is 115 Å². The van der Waals surface area contributed by atoms with Crippen molar-refractivity contribution in [2.75, 3.05) is 24.5 Å². The number of aromatic nitrogens is 2. The van der Waals surface area contributed by atoms with E-state index in [1.54, 1.807) is 0 Å². The van der Waals surface area contributed by atoms with Crippen LogP contribution < -0.4 is 10.2 Å². The number of hydrogen-bond acceptors (Lipinski definition) is 5. The molecule has 1 aliphatic heterocycles. The van der Waals surface area contributed by atoms with Gasteiger partial charge in [-0.25, -0.2) is 0 Å². The van der Waals surface area contributed by atoms with Crippen molar-refractivity contribution in [1.29, 1.82) is 0 Å². The van der Waals surface area contributed by atoms with E-state index in [0.29, 0.717) is 17.3 Å². The molecule has 2 rings (SSSR count). The number of hydrogen-bond donors (Lipinski definition) is 1. The molecule has 5 heteroatoms. The van der Waals surface area contributed by atoms with Crippen molar-refractivity contribution in [3.8, 4) is 0 Å². The highest BCUT2D eigenvalue weighted by Crippen LogP contribution is 2.31. The van der Waals surface area contributed by atoms with E-state index in [-0.39, 0.29) is 6.04 Å². The van der Waals surface area contributed by atoms with Gasteiger partial charge in [0.1, 0.15) is 0 Å². The largest absolute Gasteiger partial charge is 0.406 e. The Bertz CT molecular complexity index is 392. The van der Waals surface area contributed by atoms with Gasteiger partial charge in [-0.2, -0.15) is 0 Å². The Morgan fingerprint density at radius 1 is 1.32 bits per heavy atom. The first kappa shape index (κ1) is 14.3.